The molecule has 94 valence electrons. The van der Waals surface area contributed by atoms with Gasteiger partial charge in [-0.15, -0.1) is 0 Å². The first kappa shape index (κ1) is 13.3. The molecule has 1 rings (SSSR count). The molecule has 1 N–H and O–H groups in total. The maximum Gasteiger partial charge on any atom is 0.406 e. The molecule has 17 heavy (non-hydrogen) atoms. The maximum atomic E-state index is 12.1. The van der Waals surface area contributed by atoms with Gasteiger partial charge in [0.05, 0.1) is 5.56 Å². The Balaban J connectivity index is 2.89. The first-order valence-corrected chi connectivity index (χ1v) is 4.80. The van der Waals surface area contributed by atoms with Crippen LogP contribution in [0, 0.1) is 0 Å². The summed E-state index contributed by atoms with van der Waals surface area (Å²) in [7, 11) is 2.64. The minimum absolute atomic E-state index is 0.113. The van der Waals surface area contributed by atoms with Gasteiger partial charge in [-0.2, -0.15) is 13.2 Å². The molecule has 1 aromatic heterocycles. The molecule has 1 heterocycles. The molecular weight excluding hydrogens is 235 g/mol. The second-order valence-corrected chi connectivity index (χ2v) is 3.43. The zero-order valence-electron chi connectivity index (χ0n) is 9.38. The van der Waals surface area contributed by atoms with Gasteiger partial charge in [-0.05, 0) is 12.1 Å². The summed E-state index contributed by atoms with van der Waals surface area (Å²) >= 11 is 0. The van der Waals surface area contributed by atoms with Gasteiger partial charge in [0.25, 0.3) is 5.91 Å². The first-order valence-electron chi connectivity index (χ1n) is 4.80. The lowest BCUT2D eigenvalue weighted by Crippen LogP contribution is -2.36. The normalized spacial score (nSPS) is 11.1. The van der Waals surface area contributed by atoms with Crippen LogP contribution in [0.5, 0.6) is 0 Å². The topological polar surface area (TPSA) is 45.2 Å². The second kappa shape index (κ2) is 5.03. The maximum absolute atomic E-state index is 12.1. The Morgan fingerprint density at radius 2 is 2.18 bits per heavy atom. The monoisotopic (exact) mass is 247 g/mol. The van der Waals surface area contributed by atoms with Crippen molar-refractivity contribution >= 4 is 11.7 Å². The van der Waals surface area contributed by atoms with Gasteiger partial charge in [0, 0.05) is 20.3 Å². The van der Waals surface area contributed by atoms with E-state index < -0.39 is 18.6 Å². The number of hydrogen-bond acceptors (Lipinski definition) is 3. The molecule has 0 radical (unpaired) electrons. The molecule has 0 aliphatic rings. The van der Waals surface area contributed by atoms with Crippen LogP contribution in [0.4, 0.5) is 19.0 Å². The van der Waals surface area contributed by atoms with Crippen LogP contribution in [0.15, 0.2) is 18.3 Å². The molecule has 1 amide bonds. The molecule has 0 aromatic carbocycles. The van der Waals surface area contributed by atoms with E-state index in [1.807, 2.05) is 0 Å². The summed E-state index contributed by atoms with van der Waals surface area (Å²) in [6.07, 6.45) is -2.96. The van der Waals surface area contributed by atoms with Gasteiger partial charge >= 0.3 is 6.18 Å². The van der Waals surface area contributed by atoms with Gasteiger partial charge in [-0.1, -0.05) is 0 Å². The fourth-order valence-electron chi connectivity index (χ4n) is 1.32. The van der Waals surface area contributed by atoms with E-state index in [4.69, 9.17) is 0 Å². The lowest BCUT2D eigenvalue weighted by Gasteiger charge is -2.19. The molecule has 0 saturated carbocycles. The van der Waals surface area contributed by atoms with Crippen molar-refractivity contribution in [1.82, 2.24) is 9.88 Å². The van der Waals surface area contributed by atoms with Crippen molar-refractivity contribution in [3.8, 4) is 0 Å². The first-order chi connectivity index (χ1) is 7.85. The van der Waals surface area contributed by atoms with E-state index in [0.717, 1.165) is 7.05 Å². The Morgan fingerprint density at radius 3 is 2.71 bits per heavy atom. The number of nitrogens with zero attached hydrogens (tertiary/aromatic N) is 2. The lowest BCUT2D eigenvalue weighted by atomic mass is 10.2. The van der Waals surface area contributed by atoms with Crippen molar-refractivity contribution in [2.24, 2.45) is 0 Å². The quantitative estimate of drug-likeness (QED) is 0.885. The van der Waals surface area contributed by atoms with Crippen LogP contribution in [0.1, 0.15) is 10.4 Å². The molecule has 4 nitrogen and oxygen atoms in total. The molecule has 0 fully saturated rings. The van der Waals surface area contributed by atoms with E-state index in [0.29, 0.717) is 4.90 Å². The van der Waals surface area contributed by atoms with Crippen LogP contribution in [-0.4, -0.2) is 42.6 Å². The highest BCUT2D eigenvalue weighted by atomic mass is 19.4. The summed E-state index contributed by atoms with van der Waals surface area (Å²) in [6.45, 7) is -1.29. The van der Waals surface area contributed by atoms with Crippen LogP contribution in [0.25, 0.3) is 0 Å². The number of halogens is 3. The summed E-state index contributed by atoms with van der Waals surface area (Å²) < 4.78 is 36.4. The highest BCUT2D eigenvalue weighted by Gasteiger charge is 2.32. The van der Waals surface area contributed by atoms with Crippen molar-refractivity contribution in [2.75, 3.05) is 26.0 Å². The van der Waals surface area contributed by atoms with Gasteiger partial charge in [-0.25, -0.2) is 4.98 Å². The van der Waals surface area contributed by atoms with Crippen molar-refractivity contribution in [1.29, 1.82) is 0 Å². The van der Waals surface area contributed by atoms with E-state index in [2.05, 4.69) is 10.3 Å². The lowest BCUT2D eigenvalue weighted by molar-refractivity contribution is -0.138. The SMILES string of the molecule is CNc1ncccc1C(=O)N(C)CC(F)(F)F. The molecule has 7 heteroatoms. The number of hydrogen-bond donors (Lipinski definition) is 1. The summed E-state index contributed by atoms with van der Waals surface area (Å²) in [6, 6.07) is 2.92. The fourth-order valence-corrected chi connectivity index (χ4v) is 1.32. The molecule has 0 spiro atoms. The largest absolute Gasteiger partial charge is 0.406 e. The third kappa shape index (κ3) is 3.61. The van der Waals surface area contributed by atoms with Crippen LogP contribution in [-0.2, 0) is 0 Å². The van der Waals surface area contributed by atoms with E-state index in [1.54, 1.807) is 7.05 Å². The number of carbonyl (C=O) groups is 1. The third-order valence-electron chi connectivity index (χ3n) is 2.04. The molecule has 0 atom stereocenters. The number of alkyl halides is 3. The molecule has 0 aliphatic heterocycles. The Bertz CT molecular complexity index is 406. The minimum atomic E-state index is -4.41. The highest BCUT2D eigenvalue weighted by molar-refractivity contribution is 5.98. The molecule has 0 bridgehead atoms. The van der Waals surface area contributed by atoms with Crippen LogP contribution >= 0.6 is 0 Å². The van der Waals surface area contributed by atoms with E-state index in [-0.39, 0.29) is 11.4 Å². The van der Waals surface area contributed by atoms with Crippen molar-refractivity contribution in [3.05, 3.63) is 23.9 Å². The van der Waals surface area contributed by atoms with Crippen molar-refractivity contribution < 1.29 is 18.0 Å². The molecule has 1 aromatic rings. The van der Waals surface area contributed by atoms with E-state index in [9.17, 15) is 18.0 Å². The van der Waals surface area contributed by atoms with Gasteiger partial charge in [0.1, 0.15) is 12.4 Å². The molecular formula is C10H12F3N3O. The Hall–Kier alpha value is -1.79. The number of anilines is 1. The summed E-state index contributed by atoms with van der Waals surface area (Å²) in [5.41, 5.74) is 0.113. The summed E-state index contributed by atoms with van der Waals surface area (Å²) in [5.74, 6) is -0.466. The molecule has 0 aliphatic carbocycles. The average Bonchev–Trinajstić information content (AvgIpc) is 2.25. The standard InChI is InChI=1S/C10H12F3N3O/c1-14-8-7(4-3-5-15-8)9(17)16(2)6-10(11,12)13/h3-5H,6H2,1-2H3,(H,14,15). The summed E-state index contributed by atoms with van der Waals surface area (Å²) in [4.78, 5) is 16.2. The number of carbonyl (C=O) groups excluding carboxylic acids is 1. The zero-order valence-corrected chi connectivity index (χ0v) is 9.38. The van der Waals surface area contributed by atoms with Crippen LogP contribution in [0.3, 0.4) is 0 Å². The highest BCUT2D eigenvalue weighted by Crippen LogP contribution is 2.18. The van der Waals surface area contributed by atoms with Gasteiger partial charge < -0.3 is 10.2 Å². The van der Waals surface area contributed by atoms with E-state index in [1.165, 1.54) is 18.3 Å². The number of nitrogens with one attached hydrogen (secondary N) is 1. The number of amides is 1. The molecule has 0 saturated heterocycles. The fraction of sp³-hybridized carbons (Fsp3) is 0.400. The zero-order chi connectivity index (χ0) is 13.1. The number of rotatable bonds is 3. The van der Waals surface area contributed by atoms with Gasteiger partial charge in [0.15, 0.2) is 0 Å². The Labute approximate surface area is 96.4 Å². The Morgan fingerprint density at radius 1 is 1.53 bits per heavy atom. The second-order valence-electron chi connectivity index (χ2n) is 3.43. The Kier molecular flexibility index (Phi) is 3.93. The predicted molar refractivity (Wildman–Crippen MR) is 56.8 cm³/mol. The van der Waals surface area contributed by atoms with Gasteiger partial charge in [-0.3, -0.25) is 4.79 Å². The predicted octanol–water partition coefficient (Wildman–Crippen LogP) is 1.76. The van der Waals surface area contributed by atoms with Crippen molar-refractivity contribution in [2.45, 2.75) is 6.18 Å². The molecule has 0 unspecified atom stereocenters. The average molecular weight is 247 g/mol. The minimum Gasteiger partial charge on any atom is -0.372 e. The third-order valence-corrected chi connectivity index (χ3v) is 2.04. The summed E-state index contributed by atoms with van der Waals surface area (Å²) in [5, 5.41) is 2.65. The van der Waals surface area contributed by atoms with Crippen molar-refractivity contribution in [3.63, 3.8) is 0 Å². The smallest absolute Gasteiger partial charge is 0.372 e. The van der Waals surface area contributed by atoms with Crippen LogP contribution in [0.2, 0.25) is 0 Å². The van der Waals surface area contributed by atoms with Crippen LogP contribution < -0.4 is 5.32 Å². The number of aromatic nitrogens is 1. The number of pyridine rings is 1. The van der Waals surface area contributed by atoms with E-state index >= 15 is 0 Å². The van der Waals surface area contributed by atoms with Gasteiger partial charge in [0.2, 0.25) is 0 Å².